The lowest BCUT2D eigenvalue weighted by atomic mass is 10.8. The van der Waals surface area contributed by atoms with E-state index in [9.17, 15) is 8.76 Å². The highest BCUT2D eigenvalue weighted by atomic mass is 35.5. The van der Waals surface area contributed by atoms with Gasteiger partial charge in [-0.1, -0.05) is 6.92 Å². The molecular weight excluding hydrogens is 138 g/mol. The number of rotatable bonds is 2. The van der Waals surface area contributed by atoms with Gasteiger partial charge in [0.15, 0.2) is 0 Å². The lowest BCUT2D eigenvalue weighted by Crippen LogP contribution is -2.14. The Morgan fingerprint density at radius 2 is 2.29 bits per heavy atom. The first-order valence-corrected chi connectivity index (χ1v) is 2.67. The molecule has 0 aromatic carbocycles. The van der Waals surface area contributed by atoms with Crippen LogP contribution in [0.1, 0.15) is 6.92 Å². The van der Waals surface area contributed by atoms with Gasteiger partial charge in [0.25, 0.3) is 0 Å². The molecule has 0 aliphatic carbocycles. The predicted molar refractivity (Wildman–Crippen MR) is 29.8 cm³/mol. The zero-order valence-corrected chi connectivity index (χ0v) is 5.47. The number of hydrogen-bond donors (Lipinski definition) is 1. The molecule has 7 heavy (non-hydrogen) atoms. The molecule has 1 N–H and O–H groups in total. The standard InChI is InChI=1S/C2H7NO2S.ClH/c1-2-3-6(4)5;/h3H,2H2,1H3,(H,4,5);1H/p-1. The highest BCUT2D eigenvalue weighted by Crippen LogP contribution is 1.56. The zero-order chi connectivity index (χ0) is 4.99. The largest absolute Gasteiger partial charge is 0.760 e. The molecule has 0 rings (SSSR count). The molecular formula is C2H7ClNO2S-. The normalized spacial score (nSPS) is 12.3. The lowest BCUT2D eigenvalue weighted by molar-refractivity contribution is 0.525. The van der Waals surface area contributed by atoms with Crippen LogP contribution in [-0.2, 0) is 11.3 Å². The third kappa shape index (κ3) is 10.7. The van der Waals surface area contributed by atoms with E-state index in [0.29, 0.717) is 6.54 Å². The molecule has 5 heteroatoms. The van der Waals surface area contributed by atoms with E-state index in [2.05, 4.69) is 4.72 Å². The molecule has 0 bridgehead atoms. The molecule has 0 spiro atoms. The van der Waals surface area contributed by atoms with E-state index in [1.54, 1.807) is 6.92 Å². The summed E-state index contributed by atoms with van der Waals surface area (Å²) in [6, 6.07) is 0. The Labute approximate surface area is 51.3 Å². The summed E-state index contributed by atoms with van der Waals surface area (Å²) in [5.41, 5.74) is 0. The molecule has 0 saturated carbocycles. The fourth-order valence-corrected chi connectivity index (χ4v) is 0.354. The van der Waals surface area contributed by atoms with Gasteiger partial charge in [0, 0.05) is 17.8 Å². The first kappa shape index (κ1) is 10.4. The Morgan fingerprint density at radius 1 is 1.86 bits per heavy atom. The van der Waals surface area contributed by atoms with E-state index in [0.717, 1.165) is 0 Å². The van der Waals surface area contributed by atoms with Crippen LogP contribution in [0, 0.1) is 0 Å². The molecule has 0 fully saturated rings. The molecule has 0 saturated heterocycles. The summed E-state index contributed by atoms with van der Waals surface area (Å²) in [6.45, 7) is 2.19. The molecule has 0 radical (unpaired) electrons. The topological polar surface area (TPSA) is 52.2 Å². The number of halogens is 1. The van der Waals surface area contributed by atoms with Crippen molar-refractivity contribution < 1.29 is 8.76 Å². The van der Waals surface area contributed by atoms with E-state index in [-0.39, 0.29) is 12.4 Å². The maximum atomic E-state index is 9.49. The molecule has 0 aliphatic heterocycles. The van der Waals surface area contributed by atoms with Crippen LogP contribution >= 0.6 is 12.4 Å². The molecule has 1 atom stereocenters. The van der Waals surface area contributed by atoms with Crippen molar-refractivity contribution in [3.63, 3.8) is 0 Å². The summed E-state index contributed by atoms with van der Waals surface area (Å²) >= 11 is -2.07. The molecule has 1 unspecified atom stereocenters. The molecule has 46 valence electrons. The van der Waals surface area contributed by atoms with E-state index in [1.165, 1.54) is 0 Å². The summed E-state index contributed by atoms with van der Waals surface area (Å²) in [5.74, 6) is 0. The maximum Gasteiger partial charge on any atom is 0.0180 e. The third-order valence-corrected chi connectivity index (χ3v) is 0.787. The summed E-state index contributed by atoms with van der Waals surface area (Å²) in [7, 11) is 0. The van der Waals surface area contributed by atoms with Crippen LogP contribution in [-0.4, -0.2) is 15.3 Å². The van der Waals surface area contributed by atoms with Crippen LogP contribution in [0.25, 0.3) is 0 Å². The van der Waals surface area contributed by atoms with Crippen LogP contribution in [0.2, 0.25) is 0 Å². The highest BCUT2D eigenvalue weighted by molar-refractivity contribution is 7.77. The van der Waals surface area contributed by atoms with Crippen molar-refractivity contribution in [2.45, 2.75) is 6.92 Å². The Kier molecular flexibility index (Phi) is 9.42. The van der Waals surface area contributed by atoms with Gasteiger partial charge in [0.05, 0.1) is 0 Å². The second-order valence-corrected chi connectivity index (χ2v) is 1.49. The minimum Gasteiger partial charge on any atom is -0.760 e. The van der Waals surface area contributed by atoms with Crippen LogP contribution in [0.15, 0.2) is 0 Å². The van der Waals surface area contributed by atoms with Crippen LogP contribution in [0.3, 0.4) is 0 Å². The third-order valence-electron chi connectivity index (χ3n) is 0.262. The second kappa shape index (κ2) is 6.36. The minimum absolute atomic E-state index is 0. The SMILES string of the molecule is CCNS(=O)[O-].Cl. The van der Waals surface area contributed by atoms with Crippen LogP contribution < -0.4 is 4.72 Å². The van der Waals surface area contributed by atoms with Crippen molar-refractivity contribution in [2.24, 2.45) is 0 Å². The van der Waals surface area contributed by atoms with Gasteiger partial charge in [-0.3, -0.25) is 4.21 Å². The lowest BCUT2D eigenvalue weighted by Gasteiger charge is -2.00. The van der Waals surface area contributed by atoms with E-state index < -0.39 is 11.3 Å². The molecule has 0 aromatic rings. The molecule has 0 aliphatic rings. The van der Waals surface area contributed by atoms with Gasteiger partial charge in [-0.2, -0.15) is 0 Å². The van der Waals surface area contributed by atoms with Crippen molar-refractivity contribution >= 4 is 23.7 Å². The fourth-order valence-electron chi connectivity index (χ4n) is 0.118. The summed E-state index contributed by atoms with van der Waals surface area (Å²) < 4.78 is 21.1. The number of hydrogen-bond acceptors (Lipinski definition) is 2. The van der Waals surface area contributed by atoms with E-state index >= 15 is 0 Å². The smallest absolute Gasteiger partial charge is 0.0180 e. The van der Waals surface area contributed by atoms with Gasteiger partial charge in [0.1, 0.15) is 0 Å². The predicted octanol–water partition coefficient (Wildman–Crippen LogP) is -0.188. The van der Waals surface area contributed by atoms with Gasteiger partial charge in [-0.15, -0.1) is 12.4 Å². The number of nitrogens with one attached hydrogen (secondary N) is 1. The summed E-state index contributed by atoms with van der Waals surface area (Å²) in [4.78, 5) is 0. The van der Waals surface area contributed by atoms with E-state index in [4.69, 9.17) is 0 Å². The van der Waals surface area contributed by atoms with Gasteiger partial charge < -0.3 is 4.55 Å². The van der Waals surface area contributed by atoms with Gasteiger partial charge in [0.2, 0.25) is 0 Å². The van der Waals surface area contributed by atoms with Crippen LogP contribution in [0.5, 0.6) is 0 Å². The first-order chi connectivity index (χ1) is 2.77. The molecule has 0 amide bonds. The van der Waals surface area contributed by atoms with Crippen molar-refractivity contribution in [2.75, 3.05) is 6.54 Å². The van der Waals surface area contributed by atoms with Crippen molar-refractivity contribution in [1.82, 2.24) is 4.72 Å². The van der Waals surface area contributed by atoms with Crippen molar-refractivity contribution in [3.8, 4) is 0 Å². The van der Waals surface area contributed by atoms with Gasteiger partial charge in [-0.05, 0) is 0 Å². The average Bonchev–Trinajstić information content (AvgIpc) is 1.35. The Balaban J connectivity index is 0. The quantitative estimate of drug-likeness (QED) is 0.547. The summed E-state index contributed by atoms with van der Waals surface area (Å²) in [6.07, 6.45) is 0. The van der Waals surface area contributed by atoms with Gasteiger partial charge in [-0.25, -0.2) is 4.72 Å². The maximum absolute atomic E-state index is 9.49. The Morgan fingerprint density at radius 3 is 2.29 bits per heavy atom. The Bertz CT molecular complexity index is 59.7. The second-order valence-electron chi connectivity index (χ2n) is 0.733. The zero-order valence-electron chi connectivity index (χ0n) is 3.84. The first-order valence-electron chi connectivity index (χ1n) is 1.60. The highest BCUT2D eigenvalue weighted by Gasteiger charge is 1.68. The van der Waals surface area contributed by atoms with Crippen molar-refractivity contribution in [1.29, 1.82) is 0 Å². The van der Waals surface area contributed by atoms with Gasteiger partial charge >= 0.3 is 0 Å². The van der Waals surface area contributed by atoms with Crippen LogP contribution in [0.4, 0.5) is 0 Å². The minimum atomic E-state index is -2.07. The average molecular weight is 145 g/mol. The monoisotopic (exact) mass is 144 g/mol. The molecule has 3 nitrogen and oxygen atoms in total. The fraction of sp³-hybridized carbons (Fsp3) is 1.00. The molecule has 0 aromatic heterocycles. The van der Waals surface area contributed by atoms with E-state index in [1.807, 2.05) is 0 Å². The van der Waals surface area contributed by atoms with Crippen molar-refractivity contribution in [3.05, 3.63) is 0 Å². The summed E-state index contributed by atoms with van der Waals surface area (Å²) in [5, 5.41) is 0. The molecule has 0 heterocycles. The Hall–Kier alpha value is 0.360.